The van der Waals surface area contributed by atoms with E-state index in [4.69, 9.17) is 9.57 Å². The summed E-state index contributed by atoms with van der Waals surface area (Å²) in [4.78, 5) is 33.5. The van der Waals surface area contributed by atoms with Gasteiger partial charge in [-0.2, -0.15) is 0 Å². The Kier molecular flexibility index (Phi) is 4.95. The van der Waals surface area contributed by atoms with E-state index in [2.05, 4.69) is 15.0 Å². The smallest absolute Gasteiger partial charge is 0.316 e. The molecule has 162 valence electrons. The molecule has 0 radical (unpaired) electrons. The molecule has 2 aromatic heterocycles. The van der Waals surface area contributed by atoms with Crippen molar-refractivity contribution in [2.45, 2.75) is 51.2 Å². The summed E-state index contributed by atoms with van der Waals surface area (Å²) in [6, 6.07) is 4.18. The molecule has 5 rings (SSSR count). The van der Waals surface area contributed by atoms with Gasteiger partial charge in [0.2, 0.25) is 0 Å². The predicted molar refractivity (Wildman–Crippen MR) is 110 cm³/mol. The van der Waals surface area contributed by atoms with Crippen molar-refractivity contribution in [3.05, 3.63) is 54.1 Å². The number of carbonyl (C=O) groups excluding carboxylic acids is 1. The second-order valence-electron chi connectivity index (χ2n) is 8.32. The lowest BCUT2D eigenvalue weighted by molar-refractivity contribution is 0.0701. The monoisotopic (exact) mass is 425 g/mol. The Morgan fingerprint density at radius 1 is 1.29 bits per heavy atom. The second kappa shape index (κ2) is 7.79. The number of carbonyl (C=O) groups is 1. The maximum atomic E-state index is 13.7. The maximum Gasteiger partial charge on any atom is 0.316 e. The Morgan fingerprint density at radius 2 is 2.10 bits per heavy atom. The number of fused-ring (bicyclic) bond motifs is 2. The Morgan fingerprint density at radius 3 is 2.84 bits per heavy atom. The fourth-order valence-electron chi connectivity index (χ4n) is 4.84. The molecule has 2 bridgehead atoms. The molecule has 5 heterocycles. The fourth-order valence-corrected chi connectivity index (χ4v) is 4.84. The van der Waals surface area contributed by atoms with E-state index < -0.39 is 5.82 Å². The molecule has 8 nitrogen and oxygen atoms in total. The van der Waals surface area contributed by atoms with Crippen LogP contribution in [-0.2, 0) is 4.84 Å². The first-order chi connectivity index (χ1) is 15.0. The Bertz CT molecular complexity index is 1010. The first kappa shape index (κ1) is 19.7. The minimum atomic E-state index is -0.503. The standard InChI is InChI=1S/C22H24FN5O3/c1-13-3-5-19(28-14(2)7-8-31-28)20(26-13)21(29)27-17-4-6-18(27)15(9-17)12-30-22-24-10-16(23)11-25-22/h3,5,7-8,10-11,14-15,17-18H,4,6,9,12H2,1-2H3. The molecule has 2 aromatic rings. The molecule has 0 aliphatic carbocycles. The van der Waals surface area contributed by atoms with Crippen LogP contribution in [-0.4, -0.2) is 50.5 Å². The van der Waals surface area contributed by atoms with E-state index >= 15 is 0 Å². The van der Waals surface area contributed by atoms with Crippen LogP contribution in [0.4, 0.5) is 10.1 Å². The highest BCUT2D eigenvalue weighted by atomic mass is 19.1. The third kappa shape index (κ3) is 3.58. The zero-order valence-corrected chi connectivity index (χ0v) is 17.4. The molecule has 3 aliphatic rings. The summed E-state index contributed by atoms with van der Waals surface area (Å²) in [7, 11) is 0. The van der Waals surface area contributed by atoms with E-state index in [1.165, 1.54) is 0 Å². The van der Waals surface area contributed by atoms with E-state index in [-0.39, 0.29) is 36.0 Å². The SMILES string of the molecule is Cc1ccc(N2OC=CC2C)c(C(=O)N2C3CCC2C(COc2ncc(F)cn2)C3)n1. The summed E-state index contributed by atoms with van der Waals surface area (Å²) in [5.41, 5.74) is 1.87. The lowest BCUT2D eigenvalue weighted by atomic mass is 9.90. The highest BCUT2D eigenvalue weighted by Gasteiger charge is 2.49. The van der Waals surface area contributed by atoms with Gasteiger partial charge in [0, 0.05) is 23.7 Å². The van der Waals surface area contributed by atoms with Gasteiger partial charge in [-0.25, -0.2) is 24.4 Å². The molecule has 9 heteroatoms. The number of hydrogen-bond acceptors (Lipinski definition) is 7. The third-order valence-corrected chi connectivity index (χ3v) is 6.28. The molecular formula is C22H24FN5O3. The molecule has 0 N–H and O–H groups in total. The minimum absolute atomic E-state index is 0.0169. The van der Waals surface area contributed by atoms with Crippen LogP contribution >= 0.6 is 0 Å². The van der Waals surface area contributed by atoms with Gasteiger partial charge >= 0.3 is 6.01 Å². The lowest BCUT2D eigenvalue weighted by Crippen LogP contribution is -2.39. The summed E-state index contributed by atoms with van der Waals surface area (Å²) in [6.45, 7) is 4.27. The van der Waals surface area contributed by atoms with Crippen LogP contribution in [0.5, 0.6) is 6.01 Å². The van der Waals surface area contributed by atoms with Crippen LogP contribution in [0.1, 0.15) is 42.4 Å². The van der Waals surface area contributed by atoms with Crippen molar-refractivity contribution in [3.8, 4) is 6.01 Å². The molecule has 0 spiro atoms. The van der Waals surface area contributed by atoms with Crippen molar-refractivity contribution in [2.75, 3.05) is 11.7 Å². The van der Waals surface area contributed by atoms with Crippen molar-refractivity contribution in [1.82, 2.24) is 19.9 Å². The number of rotatable bonds is 5. The van der Waals surface area contributed by atoms with Crippen molar-refractivity contribution in [1.29, 1.82) is 0 Å². The largest absolute Gasteiger partial charge is 0.463 e. The highest BCUT2D eigenvalue weighted by molar-refractivity contribution is 5.98. The van der Waals surface area contributed by atoms with E-state index in [9.17, 15) is 9.18 Å². The molecular weight excluding hydrogens is 401 g/mol. The van der Waals surface area contributed by atoms with Crippen molar-refractivity contribution in [2.24, 2.45) is 5.92 Å². The van der Waals surface area contributed by atoms with Gasteiger partial charge in [0.25, 0.3) is 5.91 Å². The van der Waals surface area contributed by atoms with E-state index in [0.29, 0.717) is 18.0 Å². The number of amides is 1. The van der Waals surface area contributed by atoms with Gasteiger partial charge < -0.3 is 14.5 Å². The molecule has 3 aliphatic heterocycles. The van der Waals surface area contributed by atoms with Gasteiger partial charge in [-0.1, -0.05) is 0 Å². The summed E-state index contributed by atoms with van der Waals surface area (Å²) in [5.74, 6) is -0.403. The van der Waals surface area contributed by atoms with Crippen molar-refractivity contribution < 1.29 is 18.8 Å². The molecule has 0 aromatic carbocycles. The summed E-state index contributed by atoms with van der Waals surface area (Å²) < 4.78 is 18.7. The maximum absolute atomic E-state index is 13.7. The van der Waals surface area contributed by atoms with Crippen LogP contribution in [0.3, 0.4) is 0 Å². The second-order valence-corrected chi connectivity index (χ2v) is 8.32. The van der Waals surface area contributed by atoms with Crippen LogP contribution in [0.25, 0.3) is 0 Å². The van der Waals surface area contributed by atoms with Gasteiger partial charge in [0.1, 0.15) is 11.9 Å². The number of halogens is 1. The number of hydroxylamine groups is 1. The number of anilines is 1. The third-order valence-electron chi connectivity index (χ3n) is 6.28. The first-order valence-electron chi connectivity index (χ1n) is 10.5. The number of aryl methyl sites for hydroxylation is 1. The summed E-state index contributed by atoms with van der Waals surface area (Å²) in [5, 5.41) is 1.71. The number of pyridine rings is 1. The van der Waals surface area contributed by atoms with Gasteiger partial charge in [-0.3, -0.25) is 4.79 Å². The number of nitrogens with zero attached hydrogens (tertiary/aromatic N) is 5. The van der Waals surface area contributed by atoms with Crippen LogP contribution in [0.2, 0.25) is 0 Å². The zero-order valence-electron chi connectivity index (χ0n) is 17.4. The molecule has 1 amide bonds. The lowest BCUT2D eigenvalue weighted by Gasteiger charge is -2.28. The Hall–Kier alpha value is -3.23. The fraction of sp³-hybridized carbons (Fsp3) is 0.455. The van der Waals surface area contributed by atoms with Gasteiger partial charge in [0.15, 0.2) is 11.5 Å². The van der Waals surface area contributed by atoms with Crippen LogP contribution in [0.15, 0.2) is 36.9 Å². The van der Waals surface area contributed by atoms with Crippen LogP contribution in [0, 0.1) is 18.7 Å². The number of hydrogen-bond donors (Lipinski definition) is 0. The van der Waals surface area contributed by atoms with E-state index in [1.807, 2.05) is 37.0 Å². The van der Waals surface area contributed by atoms with E-state index in [0.717, 1.165) is 37.4 Å². The Labute approximate surface area is 179 Å². The van der Waals surface area contributed by atoms with Gasteiger partial charge in [-0.05, 0) is 51.3 Å². The molecule has 0 saturated carbocycles. The number of aromatic nitrogens is 3. The average molecular weight is 425 g/mol. The molecule has 4 atom stereocenters. The quantitative estimate of drug-likeness (QED) is 0.728. The summed E-state index contributed by atoms with van der Waals surface area (Å²) in [6.07, 6.45) is 8.48. The Balaban J connectivity index is 1.34. The molecule has 2 fully saturated rings. The topological polar surface area (TPSA) is 80.7 Å². The van der Waals surface area contributed by atoms with Crippen molar-refractivity contribution >= 4 is 11.6 Å². The number of ether oxygens (including phenoxy) is 1. The molecule has 4 unspecified atom stereocenters. The minimum Gasteiger partial charge on any atom is -0.463 e. The zero-order chi connectivity index (χ0) is 21.5. The highest BCUT2D eigenvalue weighted by Crippen LogP contribution is 2.43. The summed E-state index contributed by atoms with van der Waals surface area (Å²) >= 11 is 0. The molecule has 2 saturated heterocycles. The van der Waals surface area contributed by atoms with Gasteiger partial charge in [-0.15, -0.1) is 0 Å². The van der Waals surface area contributed by atoms with E-state index in [1.54, 1.807) is 11.3 Å². The van der Waals surface area contributed by atoms with Gasteiger partial charge in [0.05, 0.1) is 25.0 Å². The van der Waals surface area contributed by atoms with Crippen molar-refractivity contribution in [3.63, 3.8) is 0 Å². The normalized spacial score (nSPS) is 26.4. The van der Waals surface area contributed by atoms with Crippen LogP contribution < -0.4 is 9.80 Å². The first-order valence-corrected chi connectivity index (χ1v) is 10.5. The molecule has 31 heavy (non-hydrogen) atoms. The average Bonchev–Trinajstić information content (AvgIpc) is 3.47. The predicted octanol–water partition coefficient (Wildman–Crippen LogP) is 3.05.